The van der Waals surface area contributed by atoms with E-state index in [9.17, 15) is 9.59 Å². The van der Waals surface area contributed by atoms with Crippen LogP contribution in [0.5, 0.6) is 0 Å². The van der Waals surface area contributed by atoms with Crippen LogP contribution in [0.1, 0.15) is 12.0 Å². The Bertz CT molecular complexity index is 576. The molecule has 2 aliphatic rings. The summed E-state index contributed by atoms with van der Waals surface area (Å²) < 4.78 is 0. The molecule has 1 aromatic carbocycles. The van der Waals surface area contributed by atoms with Crippen LogP contribution in [-0.4, -0.2) is 61.0 Å². The molecule has 6 nitrogen and oxygen atoms in total. The Balaban J connectivity index is 1.50. The highest BCUT2D eigenvalue weighted by Gasteiger charge is 2.30. The fourth-order valence-corrected chi connectivity index (χ4v) is 3.18. The molecule has 3 rings (SSSR count). The van der Waals surface area contributed by atoms with Crippen molar-refractivity contribution in [2.45, 2.75) is 13.3 Å². The molecule has 2 saturated heterocycles. The van der Waals surface area contributed by atoms with E-state index in [0.29, 0.717) is 26.2 Å². The maximum absolute atomic E-state index is 12.4. The average Bonchev–Trinajstić information content (AvgIpc) is 3.09. The SMILES string of the molecule is Cc1cccc(NC(=O)N2CCN(C(=O)C3CCNC3)CC2)c1. The number of hydrogen-bond acceptors (Lipinski definition) is 3. The van der Waals surface area contributed by atoms with Gasteiger partial charge in [0.05, 0.1) is 5.92 Å². The molecule has 0 aromatic heterocycles. The van der Waals surface area contributed by atoms with E-state index in [2.05, 4.69) is 10.6 Å². The van der Waals surface area contributed by atoms with E-state index < -0.39 is 0 Å². The van der Waals surface area contributed by atoms with Crippen LogP contribution < -0.4 is 10.6 Å². The average molecular weight is 316 g/mol. The number of urea groups is 1. The number of nitrogens with zero attached hydrogens (tertiary/aromatic N) is 2. The van der Waals surface area contributed by atoms with Crippen molar-refractivity contribution in [3.63, 3.8) is 0 Å². The minimum atomic E-state index is -0.0924. The number of benzene rings is 1. The fourth-order valence-electron chi connectivity index (χ4n) is 3.18. The number of amides is 3. The molecule has 23 heavy (non-hydrogen) atoms. The molecule has 1 atom stereocenters. The first-order valence-electron chi connectivity index (χ1n) is 8.25. The van der Waals surface area contributed by atoms with E-state index in [0.717, 1.165) is 30.8 Å². The van der Waals surface area contributed by atoms with E-state index in [-0.39, 0.29) is 17.9 Å². The Kier molecular flexibility index (Phi) is 4.81. The highest BCUT2D eigenvalue weighted by atomic mass is 16.2. The van der Waals surface area contributed by atoms with Gasteiger partial charge in [0.15, 0.2) is 0 Å². The molecule has 2 heterocycles. The number of carbonyl (C=O) groups is 2. The zero-order valence-electron chi connectivity index (χ0n) is 13.5. The van der Waals surface area contributed by atoms with Gasteiger partial charge in [0.1, 0.15) is 0 Å². The van der Waals surface area contributed by atoms with E-state index in [4.69, 9.17) is 0 Å². The van der Waals surface area contributed by atoms with Crippen LogP contribution in [0.3, 0.4) is 0 Å². The highest BCUT2D eigenvalue weighted by Crippen LogP contribution is 2.15. The summed E-state index contributed by atoms with van der Waals surface area (Å²) in [5.41, 5.74) is 1.92. The predicted octanol–water partition coefficient (Wildman–Crippen LogP) is 1.28. The Morgan fingerprint density at radius 2 is 1.91 bits per heavy atom. The van der Waals surface area contributed by atoms with Crippen LogP contribution in [0.2, 0.25) is 0 Å². The van der Waals surface area contributed by atoms with Crippen molar-refractivity contribution in [1.82, 2.24) is 15.1 Å². The number of rotatable bonds is 2. The summed E-state index contributed by atoms with van der Waals surface area (Å²) in [7, 11) is 0. The van der Waals surface area contributed by atoms with Gasteiger partial charge in [-0.1, -0.05) is 12.1 Å². The van der Waals surface area contributed by atoms with E-state index in [1.165, 1.54) is 0 Å². The van der Waals surface area contributed by atoms with Gasteiger partial charge in [-0.25, -0.2) is 4.79 Å². The van der Waals surface area contributed by atoms with Crippen LogP contribution in [0.15, 0.2) is 24.3 Å². The largest absolute Gasteiger partial charge is 0.339 e. The molecule has 0 aliphatic carbocycles. The molecule has 0 radical (unpaired) electrons. The van der Waals surface area contributed by atoms with Gasteiger partial charge in [0.25, 0.3) is 0 Å². The number of piperazine rings is 1. The topological polar surface area (TPSA) is 64.7 Å². The smallest absolute Gasteiger partial charge is 0.321 e. The van der Waals surface area contributed by atoms with Gasteiger partial charge in [0, 0.05) is 38.4 Å². The number of nitrogens with one attached hydrogen (secondary N) is 2. The van der Waals surface area contributed by atoms with Gasteiger partial charge in [0.2, 0.25) is 5.91 Å². The van der Waals surface area contributed by atoms with Gasteiger partial charge in [-0.05, 0) is 37.6 Å². The molecule has 2 aliphatic heterocycles. The molecule has 0 spiro atoms. The summed E-state index contributed by atoms with van der Waals surface area (Å²) in [6, 6.07) is 7.67. The molecule has 1 aromatic rings. The number of hydrogen-bond donors (Lipinski definition) is 2. The summed E-state index contributed by atoms with van der Waals surface area (Å²) in [5, 5.41) is 6.15. The highest BCUT2D eigenvalue weighted by molar-refractivity contribution is 5.89. The molecular formula is C17H24N4O2. The van der Waals surface area contributed by atoms with Gasteiger partial charge in [-0.2, -0.15) is 0 Å². The summed E-state index contributed by atoms with van der Waals surface area (Å²) in [6.07, 6.45) is 0.924. The molecule has 124 valence electrons. The Labute approximate surface area is 136 Å². The van der Waals surface area contributed by atoms with E-state index in [1.54, 1.807) is 4.90 Å². The molecule has 3 amide bonds. The number of anilines is 1. The standard InChI is InChI=1S/C17H24N4O2/c1-13-3-2-4-15(11-13)19-17(23)21-9-7-20(8-10-21)16(22)14-5-6-18-12-14/h2-4,11,14,18H,5-10,12H2,1H3,(H,19,23). The van der Waals surface area contributed by atoms with E-state index in [1.807, 2.05) is 36.1 Å². The number of carbonyl (C=O) groups excluding carboxylic acids is 2. The second-order valence-corrected chi connectivity index (χ2v) is 6.30. The normalized spacial score (nSPS) is 21.3. The third-order valence-electron chi connectivity index (χ3n) is 4.56. The Morgan fingerprint density at radius 3 is 2.57 bits per heavy atom. The quantitative estimate of drug-likeness (QED) is 0.864. The minimum absolute atomic E-state index is 0.0924. The van der Waals surface area contributed by atoms with Crippen LogP contribution in [-0.2, 0) is 4.79 Å². The maximum Gasteiger partial charge on any atom is 0.321 e. The van der Waals surface area contributed by atoms with Gasteiger partial charge < -0.3 is 20.4 Å². The van der Waals surface area contributed by atoms with Crippen LogP contribution >= 0.6 is 0 Å². The first-order chi connectivity index (χ1) is 11.1. The Hall–Kier alpha value is -2.08. The van der Waals surface area contributed by atoms with Crippen molar-refractivity contribution in [2.24, 2.45) is 5.92 Å². The molecule has 0 saturated carbocycles. The van der Waals surface area contributed by atoms with Crippen molar-refractivity contribution < 1.29 is 9.59 Å². The van der Waals surface area contributed by atoms with Gasteiger partial charge in [-0.15, -0.1) is 0 Å². The monoisotopic (exact) mass is 316 g/mol. The van der Waals surface area contributed by atoms with Gasteiger partial charge in [-0.3, -0.25) is 4.79 Å². The molecule has 1 unspecified atom stereocenters. The summed E-state index contributed by atoms with van der Waals surface area (Å²) in [5.74, 6) is 0.344. The van der Waals surface area contributed by atoms with Crippen LogP contribution in [0.25, 0.3) is 0 Å². The molecule has 0 bridgehead atoms. The van der Waals surface area contributed by atoms with Gasteiger partial charge >= 0.3 is 6.03 Å². The lowest BCUT2D eigenvalue weighted by molar-refractivity contribution is -0.136. The fraction of sp³-hybridized carbons (Fsp3) is 0.529. The summed E-state index contributed by atoms with van der Waals surface area (Å²) in [6.45, 7) is 6.13. The zero-order valence-corrected chi connectivity index (χ0v) is 13.5. The summed E-state index contributed by atoms with van der Waals surface area (Å²) >= 11 is 0. The first kappa shape index (κ1) is 15.8. The predicted molar refractivity (Wildman–Crippen MR) is 89.3 cm³/mol. The van der Waals surface area contributed by atoms with Crippen LogP contribution in [0.4, 0.5) is 10.5 Å². The maximum atomic E-state index is 12.4. The molecule has 2 N–H and O–H groups in total. The second kappa shape index (κ2) is 7.00. The second-order valence-electron chi connectivity index (χ2n) is 6.30. The van der Waals surface area contributed by atoms with Crippen molar-refractivity contribution in [2.75, 3.05) is 44.6 Å². The lowest BCUT2D eigenvalue weighted by atomic mass is 10.1. The molecule has 6 heteroatoms. The third-order valence-corrected chi connectivity index (χ3v) is 4.56. The van der Waals surface area contributed by atoms with Crippen molar-refractivity contribution >= 4 is 17.6 Å². The van der Waals surface area contributed by atoms with Crippen molar-refractivity contribution in [3.8, 4) is 0 Å². The van der Waals surface area contributed by atoms with Crippen molar-refractivity contribution in [1.29, 1.82) is 0 Å². The van der Waals surface area contributed by atoms with Crippen molar-refractivity contribution in [3.05, 3.63) is 29.8 Å². The Morgan fingerprint density at radius 1 is 1.17 bits per heavy atom. The summed E-state index contributed by atoms with van der Waals surface area (Å²) in [4.78, 5) is 28.4. The lowest BCUT2D eigenvalue weighted by Crippen LogP contribution is -2.53. The lowest BCUT2D eigenvalue weighted by Gasteiger charge is -2.35. The number of aryl methyl sites for hydroxylation is 1. The molecule has 2 fully saturated rings. The first-order valence-corrected chi connectivity index (χ1v) is 8.25. The van der Waals surface area contributed by atoms with E-state index >= 15 is 0 Å². The van der Waals surface area contributed by atoms with Crippen LogP contribution in [0, 0.1) is 12.8 Å². The minimum Gasteiger partial charge on any atom is -0.339 e. The zero-order chi connectivity index (χ0) is 16.2. The molecular weight excluding hydrogens is 292 g/mol. The third kappa shape index (κ3) is 3.82.